The molecule has 0 N–H and O–H groups in total. The van der Waals surface area contributed by atoms with Crippen LogP contribution in [0.25, 0.3) is 0 Å². The lowest BCUT2D eigenvalue weighted by atomic mass is 10.4. The van der Waals surface area contributed by atoms with E-state index in [4.69, 9.17) is 10.5 Å². The third-order valence-corrected chi connectivity index (χ3v) is 1.32. The molecule has 0 unspecified atom stereocenters. The maximum absolute atomic E-state index is 7.76. The van der Waals surface area contributed by atoms with Gasteiger partial charge in [0, 0.05) is 0 Å². The Morgan fingerprint density at radius 2 is 1.64 bits per heavy atom. The van der Waals surface area contributed by atoms with E-state index in [2.05, 4.69) is 6.58 Å². The van der Waals surface area contributed by atoms with Crippen LogP contribution >= 0.6 is 11.3 Å². The van der Waals surface area contributed by atoms with E-state index in [0.29, 0.717) is 0 Å². The number of nitrogens with zero attached hydrogens (tertiary/aromatic N) is 2. The molecule has 0 atom stereocenters. The highest BCUT2D eigenvalue weighted by molar-refractivity contribution is 7.07. The van der Waals surface area contributed by atoms with Crippen molar-refractivity contribution in [2.75, 3.05) is 0 Å². The van der Waals surface area contributed by atoms with Crippen LogP contribution in [0, 0.1) is 22.7 Å². The fourth-order valence-electron chi connectivity index (χ4n) is 0.252. The molecule has 1 aromatic heterocycles. The molecule has 1 heterocycles. The zero-order valence-corrected chi connectivity index (χ0v) is 6.64. The van der Waals surface area contributed by atoms with E-state index >= 15 is 0 Å². The van der Waals surface area contributed by atoms with Gasteiger partial charge in [0.25, 0.3) is 0 Å². The number of thiophene rings is 1. The van der Waals surface area contributed by atoms with E-state index < -0.39 is 0 Å². The zero-order chi connectivity index (χ0) is 8.53. The molecule has 0 bridgehead atoms. The van der Waals surface area contributed by atoms with Crippen molar-refractivity contribution in [3.05, 3.63) is 35.0 Å². The molecular weight excluding hydrogens is 156 g/mol. The molecule has 0 radical (unpaired) electrons. The van der Waals surface area contributed by atoms with Crippen LogP contribution in [-0.2, 0) is 0 Å². The van der Waals surface area contributed by atoms with Gasteiger partial charge in [-0.3, -0.25) is 0 Å². The summed E-state index contributed by atoms with van der Waals surface area (Å²) in [6.45, 7) is 3.07. The van der Waals surface area contributed by atoms with Crippen molar-refractivity contribution in [2.45, 2.75) is 0 Å². The molecule has 0 saturated heterocycles. The molecule has 0 aliphatic carbocycles. The summed E-state index contributed by atoms with van der Waals surface area (Å²) in [4.78, 5) is 0. The van der Waals surface area contributed by atoms with Gasteiger partial charge in [0.05, 0.1) is 0 Å². The summed E-state index contributed by atoms with van der Waals surface area (Å²) in [5, 5.41) is 19.6. The molecular formula is C8H6N2S. The minimum absolute atomic E-state index is 0.0463. The second kappa shape index (κ2) is 6.54. The number of allylic oxidation sites excluding steroid dienone is 1. The van der Waals surface area contributed by atoms with E-state index in [0.717, 1.165) is 0 Å². The molecule has 11 heavy (non-hydrogen) atoms. The van der Waals surface area contributed by atoms with E-state index in [9.17, 15) is 0 Å². The van der Waals surface area contributed by atoms with Crippen LogP contribution in [0.2, 0.25) is 0 Å². The van der Waals surface area contributed by atoms with E-state index in [1.807, 2.05) is 22.9 Å². The Hall–Kier alpha value is -1.58. The van der Waals surface area contributed by atoms with Crippen molar-refractivity contribution in [1.29, 1.82) is 10.5 Å². The summed E-state index contributed by atoms with van der Waals surface area (Å²) < 4.78 is 0. The average molecular weight is 162 g/mol. The molecule has 54 valence electrons. The van der Waals surface area contributed by atoms with Gasteiger partial charge in [-0.1, -0.05) is 18.7 Å². The van der Waals surface area contributed by atoms with Gasteiger partial charge in [0.1, 0.15) is 17.7 Å². The zero-order valence-electron chi connectivity index (χ0n) is 5.82. The summed E-state index contributed by atoms with van der Waals surface area (Å²) in [5.41, 5.74) is -0.0463. The highest BCUT2D eigenvalue weighted by Crippen LogP contribution is 1.91. The van der Waals surface area contributed by atoms with Crippen LogP contribution in [0.1, 0.15) is 0 Å². The van der Waals surface area contributed by atoms with Crippen molar-refractivity contribution in [1.82, 2.24) is 0 Å². The third kappa shape index (κ3) is 6.30. The Morgan fingerprint density at radius 3 is 1.73 bits per heavy atom. The molecule has 0 aliphatic heterocycles. The predicted molar refractivity (Wildman–Crippen MR) is 44.7 cm³/mol. The minimum atomic E-state index is -0.0463. The van der Waals surface area contributed by atoms with E-state index in [1.165, 1.54) is 0 Å². The summed E-state index contributed by atoms with van der Waals surface area (Å²) in [6.07, 6.45) is 0. The molecule has 0 saturated carbocycles. The largest absolute Gasteiger partial charge is 0.192 e. The molecule has 3 heteroatoms. The molecule has 1 aromatic rings. The molecule has 0 fully saturated rings. The first-order chi connectivity index (χ1) is 5.31. The van der Waals surface area contributed by atoms with Crippen LogP contribution in [0.4, 0.5) is 0 Å². The van der Waals surface area contributed by atoms with Crippen LogP contribution in [-0.4, -0.2) is 0 Å². The Kier molecular flexibility index (Phi) is 5.60. The number of nitriles is 2. The van der Waals surface area contributed by atoms with Crippen molar-refractivity contribution in [2.24, 2.45) is 0 Å². The Labute approximate surface area is 69.6 Å². The molecule has 0 aromatic carbocycles. The fraction of sp³-hybridized carbons (Fsp3) is 0. The molecule has 0 spiro atoms. The van der Waals surface area contributed by atoms with Gasteiger partial charge in [-0.25, -0.2) is 0 Å². The van der Waals surface area contributed by atoms with Gasteiger partial charge in [-0.05, 0) is 10.8 Å². The molecule has 2 nitrogen and oxygen atoms in total. The van der Waals surface area contributed by atoms with Crippen LogP contribution in [0.15, 0.2) is 35.0 Å². The predicted octanol–water partition coefficient (Wildman–Crippen LogP) is 2.34. The normalized spacial score (nSPS) is 6.36. The maximum atomic E-state index is 7.76. The molecule has 1 rings (SSSR count). The van der Waals surface area contributed by atoms with E-state index in [-0.39, 0.29) is 5.57 Å². The van der Waals surface area contributed by atoms with Gasteiger partial charge in [0.2, 0.25) is 0 Å². The van der Waals surface area contributed by atoms with E-state index in [1.54, 1.807) is 23.5 Å². The molecule has 0 amide bonds. The average Bonchev–Trinajstić information content (AvgIpc) is 2.60. The van der Waals surface area contributed by atoms with Gasteiger partial charge in [0.15, 0.2) is 0 Å². The van der Waals surface area contributed by atoms with Gasteiger partial charge in [-0.2, -0.15) is 21.9 Å². The van der Waals surface area contributed by atoms with Crippen molar-refractivity contribution < 1.29 is 0 Å². The van der Waals surface area contributed by atoms with Crippen LogP contribution in [0.3, 0.4) is 0 Å². The highest BCUT2D eigenvalue weighted by atomic mass is 32.1. The summed E-state index contributed by atoms with van der Waals surface area (Å²) in [6, 6.07) is 7.16. The van der Waals surface area contributed by atoms with Gasteiger partial charge >= 0.3 is 0 Å². The Morgan fingerprint density at radius 1 is 1.18 bits per heavy atom. The standard InChI is InChI=1S/C4H2N2.C4H4S/c1-4(2-5)3-6;1-2-4-5-3-1/h1H2;1-4H. The third-order valence-electron chi connectivity index (χ3n) is 0.695. The lowest BCUT2D eigenvalue weighted by Gasteiger charge is -1.58. The smallest absolute Gasteiger partial charge is 0.122 e. The monoisotopic (exact) mass is 162 g/mol. The molecule has 0 aliphatic rings. The summed E-state index contributed by atoms with van der Waals surface area (Å²) in [5.74, 6) is 0. The van der Waals surface area contributed by atoms with Crippen LogP contribution in [0.5, 0.6) is 0 Å². The summed E-state index contributed by atoms with van der Waals surface area (Å²) >= 11 is 1.71. The highest BCUT2D eigenvalue weighted by Gasteiger charge is 1.76. The number of hydrogen-bond acceptors (Lipinski definition) is 3. The van der Waals surface area contributed by atoms with Gasteiger partial charge < -0.3 is 0 Å². The Balaban J connectivity index is 0.000000183. The summed E-state index contributed by atoms with van der Waals surface area (Å²) in [7, 11) is 0. The minimum Gasteiger partial charge on any atom is -0.192 e. The second-order valence-corrected chi connectivity index (χ2v) is 2.31. The van der Waals surface area contributed by atoms with Crippen molar-refractivity contribution in [3.63, 3.8) is 0 Å². The first-order valence-corrected chi connectivity index (χ1v) is 3.71. The van der Waals surface area contributed by atoms with Crippen LogP contribution < -0.4 is 0 Å². The number of hydrogen-bond donors (Lipinski definition) is 0. The first-order valence-electron chi connectivity index (χ1n) is 2.77. The topological polar surface area (TPSA) is 47.6 Å². The number of rotatable bonds is 0. The van der Waals surface area contributed by atoms with Crippen molar-refractivity contribution in [3.8, 4) is 12.1 Å². The second-order valence-electron chi connectivity index (χ2n) is 1.50. The lowest BCUT2D eigenvalue weighted by Crippen LogP contribution is -1.58. The Bertz CT molecular complexity index is 241. The first kappa shape index (κ1) is 9.42. The maximum Gasteiger partial charge on any atom is 0.122 e. The van der Waals surface area contributed by atoms with Gasteiger partial charge in [-0.15, -0.1) is 0 Å². The lowest BCUT2D eigenvalue weighted by molar-refractivity contribution is 1.47. The van der Waals surface area contributed by atoms with Crippen molar-refractivity contribution >= 4 is 11.3 Å². The SMILES string of the molecule is C=C(C#N)C#N.c1ccsc1. The fourth-order valence-corrected chi connectivity index (χ4v) is 0.705. The quantitative estimate of drug-likeness (QED) is 0.550.